The summed E-state index contributed by atoms with van der Waals surface area (Å²) in [6, 6.07) is 5.60. The van der Waals surface area contributed by atoms with Crippen LogP contribution >= 0.6 is 0 Å². The zero-order chi connectivity index (χ0) is 15.4. The molecule has 1 N–H and O–H groups in total. The van der Waals surface area contributed by atoms with Crippen LogP contribution in [0.3, 0.4) is 0 Å². The number of fused-ring (bicyclic) bond motifs is 1. The van der Waals surface area contributed by atoms with Gasteiger partial charge in [0, 0.05) is 6.04 Å². The van der Waals surface area contributed by atoms with Gasteiger partial charge in [-0.3, -0.25) is 0 Å². The molecule has 0 saturated carbocycles. The molecule has 0 fully saturated rings. The summed E-state index contributed by atoms with van der Waals surface area (Å²) in [6.45, 7) is 4.81. The molecule has 4 heteroatoms. The van der Waals surface area contributed by atoms with Crippen molar-refractivity contribution in [1.29, 1.82) is 0 Å². The zero-order valence-corrected chi connectivity index (χ0v) is 13.0. The highest BCUT2D eigenvalue weighted by Gasteiger charge is 2.21. The van der Waals surface area contributed by atoms with Crippen molar-refractivity contribution in [3.8, 4) is 5.75 Å². The number of alkyl halides is 2. The number of rotatable bonds is 4. The van der Waals surface area contributed by atoms with Crippen LogP contribution in [0.25, 0.3) is 0 Å². The Hall–Kier alpha value is -1.16. The quantitative estimate of drug-likeness (QED) is 0.880. The lowest BCUT2D eigenvalue weighted by Crippen LogP contribution is -2.30. The molecule has 1 heterocycles. The van der Waals surface area contributed by atoms with Gasteiger partial charge in [-0.25, -0.2) is 0 Å². The number of halogens is 2. The lowest BCUT2D eigenvalue weighted by Gasteiger charge is -2.29. The Morgan fingerprint density at radius 3 is 2.76 bits per heavy atom. The van der Waals surface area contributed by atoms with Gasteiger partial charge in [0.1, 0.15) is 5.75 Å². The molecule has 1 aromatic rings. The Bertz CT molecular complexity index is 462. The molecule has 2 nitrogen and oxygen atoms in total. The van der Waals surface area contributed by atoms with Gasteiger partial charge in [-0.1, -0.05) is 26.8 Å². The van der Waals surface area contributed by atoms with Gasteiger partial charge in [0.25, 0.3) is 0 Å². The fraction of sp³-hybridized carbons (Fsp3) is 0.647. The van der Waals surface area contributed by atoms with Gasteiger partial charge < -0.3 is 10.1 Å². The molecule has 1 aliphatic rings. The van der Waals surface area contributed by atoms with Crippen molar-refractivity contribution in [2.24, 2.45) is 11.8 Å². The molecule has 0 radical (unpaired) electrons. The molecule has 1 aromatic carbocycles. The normalized spacial score (nSPS) is 22.8. The number of nitrogens with one attached hydrogen (secondary N) is 1. The monoisotopic (exact) mass is 297 g/mol. The fourth-order valence-corrected chi connectivity index (χ4v) is 2.94. The number of hydrogen-bond donors (Lipinski definition) is 1. The van der Waals surface area contributed by atoms with Crippen LogP contribution in [0.4, 0.5) is 8.78 Å². The van der Waals surface area contributed by atoms with E-state index in [2.05, 4.69) is 30.8 Å². The van der Waals surface area contributed by atoms with Crippen LogP contribution in [0, 0.1) is 11.8 Å². The Labute approximate surface area is 125 Å². The molecule has 0 aliphatic carbocycles. The van der Waals surface area contributed by atoms with E-state index in [1.54, 1.807) is 12.1 Å². The summed E-state index contributed by atoms with van der Waals surface area (Å²) in [4.78, 5) is 0. The minimum atomic E-state index is -2.77. The molecular weight excluding hydrogens is 272 g/mol. The van der Waals surface area contributed by atoms with Crippen LogP contribution in [0.5, 0.6) is 5.75 Å². The maximum absolute atomic E-state index is 12.4. The molecule has 21 heavy (non-hydrogen) atoms. The van der Waals surface area contributed by atoms with Crippen LogP contribution < -0.4 is 10.1 Å². The van der Waals surface area contributed by atoms with Crippen LogP contribution in [-0.4, -0.2) is 13.2 Å². The molecule has 0 saturated heterocycles. The van der Waals surface area contributed by atoms with E-state index in [0.29, 0.717) is 11.8 Å². The second-order valence-electron chi connectivity index (χ2n) is 6.47. The van der Waals surface area contributed by atoms with E-state index in [9.17, 15) is 8.78 Å². The smallest absolute Gasteiger partial charge is 0.387 e. The zero-order valence-electron chi connectivity index (χ0n) is 13.0. The summed E-state index contributed by atoms with van der Waals surface area (Å²) in [5, 5.41) is 3.60. The molecule has 0 spiro atoms. The van der Waals surface area contributed by atoms with Crippen LogP contribution in [0.15, 0.2) is 18.2 Å². The van der Waals surface area contributed by atoms with Crippen LogP contribution in [0.2, 0.25) is 0 Å². The van der Waals surface area contributed by atoms with E-state index in [0.717, 1.165) is 31.4 Å². The van der Waals surface area contributed by atoms with Crippen molar-refractivity contribution < 1.29 is 13.5 Å². The SMILES string of the molecule is CC(C)CC1NCC(C)CCc2ccc(OC(F)F)cc21. The molecule has 2 unspecified atom stereocenters. The Morgan fingerprint density at radius 2 is 2.10 bits per heavy atom. The number of aryl methyl sites for hydroxylation is 1. The average molecular weight is 297 g/mol. The second kappa shape index (κ2) is 7.21. The molecule has 118 valence electrons. The van der Waals surface area contributed by atoms with Crippen molar-refractivity contribution in [3.05, 3.63) is 29.3 Å². The lowest BCUT2D eigenvalue weighted by molar-refractivity contribution is -0.0499. The first-order valence-electron chi connectivity index (χ1n) is 7.76. The third-order valence-corrected chi connectivity index (χ3v) is 4.04. The molecule has 0 bridgehead atoms. The average Bonchev–Trinajstić information content (AvgIpc) is 2.39. The van der Waals surface area contributed by atoms with Gasteiger partial charge in [-0.05, 0) is 60.9 Å². The van der Waals surface area contributed by atoms with E-state index in [-0.39, 0.29) is 11.8 Å². The van der Waals surface area contributed by atoms with E-state index in [1.807, 2.05) is 6.07 Å². The highest BCUT2D eigenvalue weighted by Crippen LogP contribution is 2.31. The second-order valence-corrected chi connectivity index (χ2v) is 6.47. The number of benzene rings is 1. The number of ether oxygens (including phenoxy) is 1. The standard InChI is InChI=1S/C17H25F2NO/c1-11(2)8-16-15-9-14(21-17(18)19)7-6-13(15)5-4-12(3)10-20-16/h6-7,9,11-12,16-17,20H,4-5,8,10H2,1-3H3. The van der Waals surface area contributed by atoms with Gasteiger partial charge in [0.15, 0.2) is 0 Å². The van der Waals surface area contributed by atoms with Crippen molar-refractivity contribution >= 4 is 0 Å². The highest BCUT2D eigenvalue weighted by atomic mass is 19.3. The van der Waals surface area contributed by atoms with Gasteiger partial charge in [-0.2, -0.15) is 8.78 Å². The molecule has 1 aliphatic heterocycles. The molecular formula is C17H25F2NO. The van der Waals surface area contributed by atoms with Crippen molar-refractivity contribution in [3.63, 3.8) is 0 Å². The van der Waals surface area contributed by atoms with Gasteiger partial charge in [0.05, 0.1) is 0 Å². The van der Waals surface area contributed by atoms with Crippen molar-refractivity contribution in [2.75, 3.05) is 6.54 Å². The fourth-order valence-electron chi connectivity index (χ4n) is 2.94. The Morgan fingerprint density at radius 1 is 1.33 bits per heavy atom. The Balaban J connectivity index is 2.31. The highest BCUT2D eigenvalue weighted by molar-refractivity contribution is 5.38. The summed E-state index contributed by atoms with van der Waals surface area (Å²) in [7, 11) is 0. The molecule has 0 amide bonds. The third kappa shape index (κ3) is 4.67. The van der Waals surface area contributed by atoms with Crippen LogP contribution in [0.1, 0.15) is 50.8 Å². The minimum Gasteiger partial charge on any atom is -0.435 e. The first kappa shape index (κ1) is 16.2. The predicted molar refractivity (Wildman–Crippen MR) is 80.8 cm³/mol. The third-order valence-electron chi connectivity index (χ3n) is 4.04. The van der Waals surface area contributed by atoms with Gasteiger partial charge in [-0.15, -0.1) is 0 Å². The largest absolute Gasteiger partial charge is 0.435 e. The summed E-state index contributed by atoms with van der Waals surface area (Å²) in [5.74, 6) is 1.43. The Kier molecular flexibility index (Phi) is 5.57. The van der Waals surface area contributed by atoms with E-state index in [1.165, 1.54) is 5.56 Å². The topological polar surface area (TPSA) is 21.3 Å². The lowest BCUT2D eigenvalue weighted by atomic mass is 9.87. The molecule has 2 rings (SSSR count). The molecule has 0 aromatic heterocycles. The summed E-state index contributed by atoms with van der Waals surface area (Å²) >= 11 is 0. The van der Waals surface area contributed by atoms with Crippen LogP contribution in [-0.2, 0) is 6.42 Å². The summed E-state index contributed by atoms with van der Waals surface area (Å²) < 4.78 is 29.4. The van der Waals surface area contributed by atoms with E-state index < -0.39 is 6.61 Å². The summed E-state index contributed by atoms with van der Waals surface area (Å²) in [6.07, 6.45) is 3.11. The first-order chi connectivity index (χ1) is 9.95. The van der Waals surface area contributed by atoms with Gasteiger partial charge in [0.2, 0.25) is 0 Å². The molecule has 2 atom stereocenters. The van der Waals surface area contributed by atoms with E-state index >= 15 is 0 Å². The maximum atomic E-state index is 12.4. The van der Waals surface area contributed by atoms with Gasteiger partial charge >= 0.3 is 6.61 Å². The minimum absolute atomic E-state index is 0.212. The first-order valence-corrected chi connectivity index (χ1v) is 7.76. The van der Waals surface area contributed by atoms with Crippen molar-refractivity contribution in [2.45, 2.75) is 52.7 Å². The van der Waals surface area contributed by atoms with E-state index in [4.69, 9.17) is 0 Å². The number of hydrogen-bond acceptors (Lipinski definition) is 2. The maximum Gasteiger partial charge on any atom is 0.387 e. The summed E-state index contributed by atoms with van der Waals surface area (Å²) in [5.41, 5.74) is 2.37. The van der Waals surface area contributed by atoms with Crippen molar-refractivity contribution in [1.82, 2.24) is 5.32 Å². The predicted octanol–water partition coefficient (Wildman–Crippen LogP) is 4.55.